The predicted octanol–water partition coefficient (Wildman–Crippen LogP) is 6.98. The van der Waals surface area contributed by atoms with Crippen LogP contribution < -0.4 is 24.8 Å². The molecule has 0 radical (unpaired) electrons. The lowest BCUT2D eigenvalue weighted by Crippen LogP contribution is -2.41. The Kier molecular flexibility index (Phi) is 30.2. The van der Waals surface area contributed by atoms with Crippen molar-refractivity contribution in [2.24, 2.45) is 0 Å². The molecule has 0 bridgehead atoms. The van der Waals surface area contributed by atoms with Gasteiger partial charge in [-0.2, -0.15) is 5.26 Å². The number of carbonyl (C=O) groups is 6. The molecule has 0 spiro atoms. The van der Waals surface area contributed by atoms with Gasteiger partial charge in [-0.3, -0.25) is 20.2 Å². The van der Waals surface area contributed by atoms with E-state index in [0.29, 0.717) is 65.1 Å². The van der Waals surface area contributed by atoms with Crippen LogP contribution in [0, 0.1) is 31.6 Å². The second-order valence-corrected chi connectivity index (χ2v) is 20.6. The Morgan fingerprint density at radius 3 is 1.42 bits per heavy atom. The van der Waals surface area contributed by atoms with Crippen LogP contribution in [0.25, 0.3) is 0 Å². The van der Waals surface area contributed by atoms with Gasteiger partial charge < -0.3 is 75.1 Å². The zero-order valence-electron chi connectivity index (χ0n) is 50.9. The number of aliphatic hydroxyl groups is 2. The van der Waals surface area contributed by atoms with Gasteiger partial charge in [-0.15, -0.1) is 12.4 Å². The van der Waals surface area contributed by atoms with E-state index in [1.54, 1.807) is 108 Å². The first-order valence-electron chi connectivity index (χ1n) is 28.0. The molecule has 2 aliphatic heterocycles. The highest BCUT2D eigenvalue weighted by atomic mass is 35.5. The van der Waals surface area contributed by atoms with Crippen molar-refractivity contribution in [1.29, 1.82) is 5.26 Å². The number of benzene rings is 4. The number of unbranched alkanes of at least 4 members (excludes halogenated alkanes) is 3. The van der Waals surface area contributed by atoms with E-state index in [4.69, 9.17) is 44.0 Å². The number of nitriles is 1. The Labute approximate surface area is 529 Å². The maximum Gasteiger partial charge on any atom is 0.414 e. The van der Waals surface area contributed by atoms with Crippen LogP contribution in [0.4, 0.5) is 11.4 Å². The third kappa shape index (κ3) is 22.0. The number of non-ortho nitro benzene ring substituents is 2. The SMILES string of the molecule is CC1=C(C(=O)O)C(c2cccc([N+](=O)[O-])c2)C(C(=O)O)=C(C)N1C.COc1ccc(OCC(O)CNC(CCCCCCNCC(O)COc2ccc(C#N)cc2)COC(=O)C2=C(C)N(C)C(C)=C(C(=O)O)C2c2cccc([N+](=O)[O-])c2)cc1.Cl.O=C(O)C(=O)O. The van der Waals surface area contributed by atoms with Crippen LogP contribution in [0.15, 0.2) is 142 Å². The molecular weight excluding hydrogens is 1210 g/mol. The molecule has 91 heavy (non-hydrogen) atoms. The molecule has 2 heterocycles. The standard InChI is InChI=1S/C44H55N5O11.C16H16N2O6.C2H2O4.ClH/c1-29-40(43(52)53)42(32-10-9-12-34(22-32)49(55)56)41(30(2)48(29)3)44(54)60-26-33(47-25-36(51)28-59-39-19-17-37(57-4)18-20-39)11-7-5-6-8-21-46-24-35(50)27-58-38-15-13-31(23-45)14-16-38;1-8-12(15(19)20)14(13(16(21)22)9(2)17(8)3)10-5-4-6-11(7-10)18(23)24;3-1(4)2(5)6;/h9-10,12-20,22,33,35-36,42,46-47,50-51H,5-8,11,21,24-28H2,1-4H3,(H,52,53);4-7,14H,1-3H3,(H,19,20)(H,21,22);(H,3,4)(H,5,6);1H. The number of halogens is 1. The number of aliphatic carboxylic acids is 5. The summed E-state index contributed by atoms with van der Waals surface area (Å²) in [7, 11) is 4.80. The molecular formula is C62H74ClN7O21. The number of nitrogens with one attached hydrogen (secondary N) is 2. The highest BCUT2D eigenvalue weighted by Gasteiger charge is 2.41. The number of methoxy groups -OCH3 is 1. The van der Waals surface area contributed by atoms with Crippen molar-refractivity contribution in [3.8, 4) is 23.3 Å². The van der Waals surface area contributed by atoms with Crippen LogP contribution in [0.2, 0.25) is 0 Å². The number of carboxylic acids is 5. The maximum absolute atomic E-state index is 14.0. The number of rotatable bonds is 29. The molecule has 4 aromatic carbocycles. The monoisotopic (exact) mass is 1290 g/mol. The number of carboxylic acid groups (broad SMARTS) is 5. The average Bonchev–Trinajstić information content (AvgIpc) is 0.925. The number of hydrogen-bond acceptors (Lipinski definition) is 21. The van der Waals surface area contributed by atoms with Crippen molar-refractivity contribution >= 4 is 59.6 Å². The maximum atomic E-state index is 14.0. The molecule has 4 aromatic rings. The average molecular weight is 1290 g/mol. The van der Waals surface area contributed by atoms with Gasteiger partial charge in [0.05, 0.1) is 62.7 Å². The van der Waals surface area contributed by atoms with E-state index in [9.17, 15) is 64.9 Å². The van der Waals surface area contributed by atoms with Gasteiger partial charge in [0.25, 0.3) is 11.4 Å². The number of nitro benzene ring substituents is 2. The molecule has 0 fully saturated rings. The van der Waals surface area contributed by atoms with Gasteiger partial charge in [0, 0.05) is 80.3 Å². The van der Waals surface area contributed by atoms with E-state index < -0.39 is 69.7 Å². The van der Waals surface area contributed by atoms with Gasteiger partial charge in [-0.25, -0.2) is 28.8 Å². The molecule has 490 valence electrons. The quantitative estimate of drug-likeness (QED) is 0.00870. The summed E-state index contributed by atoms with van der Waals surface area (Å²) in [5, 5.41) is 103. The fraction of sp³-hybridized carbons (Fsp3) is 0.371. The minimum absolute atomic E-state index is 0. The van der Waals surface area contributed by atoms with Crippen molar-refractivity contribution in [1.82, 2.24) is 20.4 Å². The van der Waals surface area contributed by atoms with Crippen LogP contribution in [0.3, 0.4) is 0 Å². The molecule has 0 amide bonds. The van der Waals surface area contributed by atoms with Crippen LogP contribution in [0.5, 0.6) is 17.2 Å². The summed E-state index contributed by atoms with van der Waals surface area (Å²) < 4.78 is 22.4. The number of carbonyl (C=O) groups excluding carboxylic acids is 1. The molecule has 28 nitrogen and oxygen atoms in total. The van der Waals surface area contributed by atoms with Crippen molar-refractivity contribution in [2.75, 3.05) is 60.7 Å². The number of hydrogen-bond donors (Lipinski definition) is 9. The second-order valence-electron chi connectivity index (χ2n) is 20.6. The summed E-state index contributed by atoms with van der Waals surface area (Å²) in [6, 6.07) is 26.3. The van der Waals surface area contributed by atoms with E-state index in [0.717, 1.165) is 25.7 Å². The van der Waals surface area contributed by atoms with E-state index in [1.807, 2.05) is 0 Å². The Bertz CT molecular complexity index is 3370. The van der Waals surface area contributed by atoms with Gasteiger partial charge in [-0.1, -0.05) is 43.5 Å². The number of esters is 1. The first-order valence-corrected chi connectivity index (χ1v) is 28.0. The van der Waals surface area contributed by atoms with Crippen LogP contribution in [-0.2, 0) is 33.5 Å². The van der Waals surface area contributed by atoms with E-state index in [-0.39, 0.29) is 89.6 Å². The summed E-state index contributed by atoms with van der Waals surface area (Å²) >= 11 is 0. The third-order valence-electron chi connectivity index (χ3n) is 14.7. The van der Waals surface area contributed by atoms with Crippen molar-refractivity contribution in [3.63, 3.8) is 0 Å². The minimum Gasteiger partial charge on any atom is -0.497 e. The summed E-state index contributed by atoms with van der Waals surface area (Å²) in [6.45, 7) is 7.66. The zero-order chi connectivity index (χ0) is 66.9. The molecule has 0 aromatic heterocycles. The lowest BCUT2D eigenvalue weighted by atomic mass is 9.79. The van der Waals surface area contributed by atoms with Crippen LogP contribution >= 0.6 is 12.4 Å². The number of nitrogens with zero attached hydrogens (tertiary/aromatic N) is 5. The van der Waals surface area contributed by atoms with Gasteiger partial charge >= 0.3 is 35.8 Å². The van der Waals surface area contributed by atoms with Gasteiger partial charge in [-0.05, 0) is 107 Å². The molecule has 4 atom stereocenters. The molecule has 29 heteroatoms. The van der Waals surface area contributed by atoms with Gasteiger partial charge in [0.1, 0.15) is 49.3 Å². The highest BCUT2D eigenvalue weighted by molar-refractivity contribution is 6.27. The Hall–Kier alpha value is -9.92. The predicted molar refractivity (Wildman–Crippen MR) is 329 cm³/mol. The fourth-order valence-corrected chi connectivity index (χ4v) is 9.62. The number of ether oxygens (including phenoxy) is 4. The second kappa shape index (κ2) is 36.5. The van der Waals surface area contributed by atoms with Crippen molar-refractivity contribution < 1.29 is 93.3 Å². The van der Waals surface area contributed by atoms with E-state index >= 15 is 0 Å². The van der Waals surface area contributed by atoms with Crippen molar-refractivity contribution in [3.05, 3.63) is 179 Å². The third-order valence-corrected chi connectivity index (χ3v) is 14.7. The molecule has 0 aliphatic carbocycles. The van der Waals surface area contributed by atoms with Gasteiger partial charge in [0.2, 0.25) is 0 Å². The summed E-state index contributed by atoms with van der Waals surface area (Å²) in [4.78, 5) is 93.0. The molecule has 0 saturated carbocycles. The zero-order valence-corrected chi connectivity index (χ0v) is 51.7. The molecule has 0 saturated heterocycles. The van der Waals surface area contributed by atoms with E-state index in [1.165, 1.54) is 47.4 Å². The lowest BCUT2D eigenvalue weighted by Gasteiger charge is -2.35. The minimum atomic E-state index is -1.82. The molecule has 2 aliphatic rings. The Morgan fingerprint density at radius 1 is 0.593 bits per heavy atom. The van der Waals surface area contributed by atoms with Crippen LogP contribution in [0.1, 0.15) is 88.3 Å². The van der Waals surface area contributed by atoms with Crippen molar-refractivity contribution in [2.45, 2.75) is 89.9 Å². The number of nitro groups is 2. The summed E-state index contributed by atoms with van der Waals surface area (Å²) in [6.07, 6.45) is 2.35. The smallest absolute Gasteiger partial charge is 0.414 e. The normalized spacial score (nSPS) is 14.8. The molecule has 9 N–H and O–H groups in total. The highest BCUT2D eigenvalue weighted by Crippen LogP contribution is 2.44. The Morgan fingerprint density at radius 2 is 1.00 bits per heavy atom. The van der Waals surface area contributed by atoms with E-state index in [2.05, 4.69) is 16.7 Å². The molecule has 4 unspecified atom stereocenters. The fourth-order valence-electron chi connectivity index (χ4n) is 9.62. The summed E-state index contributed by atoms with van der Waals surface area (Å²) in [5.41, 5.74) is 1.96. The largest absolute Gasteiger partial charge is 0.497 e. The topological polar surface area (TPSA) is 422 Å². The number of aliphatic hydroxyl groups excluding tert-OH is 2. The number of allylic oxidation sites excluding steroid dienone is 4. The lowest BCUT2D eigenvalue weighted by molar-refractivity contribution is -0.385. The Balaban J connectivity index is 0.000000573. The van der Waals surface area contributed by atoms with Gasteiger partial charge in [0.15, 0.2) is 0 Å². The molecule has 6 rings (SSSR count). The van der Waals surface area contributed by atoms with Crippen LogP contribution in [-0.4, -0.2) is 170 Å². The summed E-state index contributed by atoms with van der Waals surface area (Å²) in [5.74, 6) is -8.60. The first kappa shape index (κ1) is 75.3. The first-order chi connectivity index (χ1) is 42.6.